The fourth-order valence-electron chi connectivity index (χ4n) is 2.90. The van der Waals surface area contributed by atoms with Gasteiger partial charge >= 0.3 is 0 Å². The number of benzene rings is 2. The van der Waals surface area contributed by atoms with Gasteiger partial charge in [-0.3, -0.25) is 4.79 Å². The van der Waals surface area contributed by atoms with E-state index in [1.807, 2.05) is 0 Å². The van der Waals surface area contributed by atoms with E-state index < -0.39 is 10.0 Å². The van der Waals surface area contributed by atoms with E-state index >= 15 is 0 Å². The van der Waals surface area contributed by atoms with Crippen molar-refractivity contribution in [2.75, 3.05) is 17.5 Å². The highest BCUT2D eigenvalue weighted by Crippen LogP contribution is 2.28. The van der Waals surface area contributed by atoms with Crippen LogP contribution in [0, 0.1) is 0 Å². The number of Topliss-reactive ketones (excluding diaryl/α,β-unsaturated/α-hetero) is 1. The number of nitrogens with zero attached hydrogens (tertiary/aromatic N) is 2. The lowest BCUT2D eigenvalue weighted by Crippen LogP contribution is -2.35. The van der Waals surface area contributed by atoms with Gasteiger partial charge in [0.25, 0.3) is 10.0 Å². The largest absolute Gasteiger partial charge is 0.493 e. The molecule has 1 aliphatic heterocycles. The number of aromatic nitrogens is 1. The fourth-order valence-corrected chi connectivity index (χ4v) is 5.16. The minimum Gasteiger partial charge on any atom is -0.493 e. The quantitative estimate of drug-likeness (QED) is 0.594. The average Bonchev–Trinajstić information content (AvgIpc) is 3.37. The summed E-state index contributed by atoms with van der Waals surface area (Å²) < 4.78 is 32.7. The molecule has 0 N–H and O–H groups in total. The Kier molecular flexibility index (Phi) is 4.67. The van der Waals surface area contributed by atoms with Crippen LogP contribution in [0.3, 0.4) is 0 Å². The summed E-state index contributed by atoms with van der Waals surface area (Å²) in [6.45, 7) is 0.283. The van der Waals surface area contributed by atoms with E-state index in [0.717, 1.165) is 22.0 Å². The zero-order chi connectivity index (χ0) is 18.9. The van der Waals surface area contributed by atoms with Crippen molar-refractivity contribution in [3.05, 3.63) is 71.2 Å². The Morgan fingerprint density at radius 2 is 2.00 bits per heavy atom. The molecule has 8 heteroatoms. The van der Waals surface area contributed by atoms with Gasteiger partial charge in [-0.05, 0) is 35.9 Å². The molecule has 2 aromatic carbocycles. The number of carbonyl (C=O) groups is 1. The van der Waals surface area contributed by atoms with Gasteiger partial charge in [0.05, 0.1) is 11.5 Å². The molecule has 6 nitrogen and oxygen atoms in total. The number of ketones is 1. The second kappa shape index (κ2) is 7.13. The average molecular weight is 400 g/mol. The molecule has 0 spiro atoms. The molecule has 1 aromatic heterocycles. The number of hydrogen-bond acceptors (Lipinski definition) is 6. The lowest BCUT2D eigenvalue weighted by Gasteiger charge is -2.21. The Morgan fingerprint density at radius 1 is 1.19 bits per heavy atom. The van der Waals surface area contributed by atoms with E-state index in [1.54, 1.807) is 41.8 Å². The second-order valence-electron chi connectivity index (χ2n) is 5.98. The molecule has 1 aliphatic rings. The lowest BCUT2D eigenvalue weighted by molar-refractivity contribution is 0.100. The SMILES string of the molecule is O=C(CN(c1nccs1)S(=O)(=O)c1ccccc1)c1ccc2c(c1)CCO2. The number of rotatable bonds is 6. The molecule has 0 amide bonds. The van der Waals surface area contributed by atoms with Crippen molar-refractivity contribution in [2.45, 2.75) is 11.3 Å². The van der Waals surface area contributed by atoms with Gasteiger partial charge in [-0.1, -0.05) is 18.2 Å². The number of sulfonamides is 1. The zero-order valence-corrected chi connectivity index (χ0v) is 15.9. The lowest BCUT2D eigenvalue weighted by atomic mass is 10.1. The Bertz CT molecular complexity index is 1060. The van der Waals surface area contributed by atoms with Gasteiger partial charge in [0.2, 0.25) is 0 Å². The second-order valence-corrected chi connectivity index (χ2v) is 8.72. The molecule has 0 saturated carbocycles. The van der Waals surface area contributed by atoms with Crippen molar-refractivity contribution in [3.63, 3.8) is 0 Å². The van der Waals surface area contributed by atoms with Crippen molar-refractivity contribution in [2.24, 2.45) is 0 Å². The monoisotopic (exact) mass is 400 g/mol. The number of anilines is 1. The van der Waals surface area contributed by atoms with Crippen LogP contribution in [0.5, 0.6) is 5.75 Å². The minimum absolute atomic E-state index is 0.121. The summed E-state index contributed by atoms with van der Waals surface area (Å²) in [7, 11) is -3.90. The number of carbonyl (C=O) groups excluding carboxylic acids is 1. The van der Waals surface area contributed by atoms with E-state index in [4.69, 9.17) is 4.74 Å². The van der Waals surface area contributed by atoms with Gasteiger partial charge in [0, 0.05) is 23.6 Å². The highest BCUT2D eigenvalue weighted by Gasteiger charge is 2.29. The van der Waals surface area contributed by atoms with Crippen LogP contribution in [0.25, 0.3) is 0 Å². The van der Waals surface area contributed by atoms with Crippen LogP contribution in [0.15, 0.2) is 65.0 Å². The van der Waals surface area contributed by atoms with Gasteiger partial charge in [-0.15, -0.1) is 11.3 Å². The van der Waals surface area contributed by atoms with Crippen molar-refractivity contribution in [3.8, 4) is 5.75 Å². The molecule has 0 radical (unpaired) electrons. The zero-order valence-electron chi connectivity index (χ0n) is 14.2. The molecule has 0 saturated heterocycles. The molecule has 0 aliphatic carbocycles. The third-order valence-corrected chi connectivity index (χ3v) is 6.92. The van der Waals surface area contributed by atoms with E-state index in [0.29, 0.717) is 12.2 Å². The minimum atomic E-state index is -3.90. The van der Waals surface area contributed by atoms with Gasteiger partial charge in [-0.2, -0.15) is 0 Å². The first-order valence-electron chi connectivity index (χ1n) is 8.32. The summed E-state index contributed by atoms with van der Waals surface area (Å²) >= 11 is 1.17. The molecule has 0 bridgehead atoms. The smallest absolute Gasteiger partial charge is 0.266 e. The van der Waals surface area contributed by atoms with E-state index in [1.165, 1.54) is 29.7 Å². The van der Waals surface area contributed by atoms with E-state index in [9.17, 15) is 13.2 Å². The molecule has 3 aromatic rings. The summed E-state index contributed by atoms with van der Waals surface area (Å²) in [4.78, 5) is 17.1. The maximum Gasteiger partial charge on any atom is 0.266 e. The number of hydrogen-bond donors (Lipinski definition) is 0. The molecule has 0 atom stereocenters. The van der Waals surface area contributed by atoms with Crippen LogP contribution in [0.2, 0.25) is 0 Å². The summed E-state index contributed by atoms with van der Waals surface area (Å²) in [6, 6.07) is 13.3. The van der Waals surface area contributed by atoms with Gasteiger partial charge in [0.15, 0.2) is 10.9 Å². The predicted octanol–water partition coefficient (Wildman–Crippen LogP) is 3.16. The van der Waals surface area contributed by atoms with Gasteiger partial charge < -0.3 is 4.74 Å². The first-order valence-corrected chi connectivity index (χ1v) is 10.6. The van der Waals surface area contributed by atoms with Gasteiger partial charge in [0.1, 0.15) is 12.3 Å². The maximum atomic E-state index is 13.1. The number of ether oxygens (including phenoxy) is 1. The van der Waals surface area contributed by atoms with Crippen molar-refractivity contribution in [1.29, 1.82) is 0 Å². The normalized spacial score (nSPS) is 13.0. The van der Waals surface area contributed by atoms with Crippen LogP contribution in [-0.2, 0) is 16.4 Å². The highest BCUT2D eigenvalue weighted by molar-refractivity contribution is 7.93. The summed E-state index contributed by atoms with van der Waals surface area (Å²) in [5, 5.41) is 1.94. The predicted molar refractivity (Wildman–Crippen MR) is 103 cm³/mol. The summed E-state index contributed by atoms with van der Waals surface area (Å²) in [5.74, 6) is 0.486. The fraction of sp³-hybridized carbons (Fsp3) is 0.158. The molecule has 2 heterocycles. The van der Waals surface area contributed by atoms with Crippen LogP contribution < -0.4 is 9.04 Å². The van der Waals surface area contributed by atoms with E-state index in [-0.39, 0.29) is 22.4 Å². The topological polar surface area (TPSA) is 76.6 Å². The standard InChI is InChI=1S/C19H16N2O4S2/c22-17(14-6-7-18-15(12-14)8-10-25-18)13-21(19-20-9-11-26-19)27(23,24)16-4-2-1-3-5-16/h1-7,9,11-12H,8,10,13H2. The third-order valence-electron chi connectivity index (χ3n) is 4.26. The Morgan fingerprint density at radius 3 is 2.74 bits per heavy atom. The molecular weight excluding hydrogens is 384 g/mol. The summed E-state index contributed by atoms with van der Waals surface area (Å²) in [6.07, 6.45) is 2.26. The molecule has 4 rings (SSSR count). The van der Waals surface area contributed by atoms with Crippen molar-refractivity contribution in [1.82, 2.24) is 4.98 Å². The molecular formula is C19H16N2O4S2. The van der Waals surface area contributed by atoms with Crippen molar-refractivity contribution >= 4 is 32.3 Å². The molecule has 138 valence electrons. The first-order chi connectivity index (χ1) is 13.1. The highest BCUT2D eigenvalue weighted by atomic mass is 32.2. The molecule has 0 unspecified atom stereocenters. The number of fused-ring (bicyclic) bond motifs is 1. The Balaban J connectivity index is 1.67. The Labute approximate surface area is 161 Å². The summed E-state index contributed by atoms with van der Waals surface area (Å²) in [5.41, 5.74) is 1.43. The van der Waals surface area contributed by atoms with Crippen molar-refractivity contribution < 1.29 is 17.9 Å². The van der Waals surface area contributed by atoms with Crippen LogP contribution in [0.4, 0.5) is 5.13 Å². The Hall–Kier alpha value is -2.71. The third kappa shape index (κ3) is 3.45. The van der Waals surface area contributed by atoms with Crippen LogP contribution >= 0.6 is 11.3 Å². The van der Waals surface area contributed by atoms with Gasteiger partial charge in [-0.25, -0.2) is 17.7 Å². The van der Waals surface area contributed by atoms with Crippen LogP contribution in [-0.4, -0.2) is 32.3 Å². The maximum absolute atomic E-state index is 13.1. The number of thiazole rings is 1. The van der Waals surface area contributed by atoms with Crippen LogP contribution in [0.1, 0.15) is 15.9 Å². The molecule has 0 fully saturated rings. The first kappa shape index (κ1) is 17.7. The molecule has 27 heavy (non-hydrogen) atoms. The van der Waals surface area contributed by atoms with E-state index in [2.05, 4.69) is 4.98 Å².